The van der Waals surface area contributed by atoms with Gasteiger partial charge in [-0.1, -0.05) is 13.8 Å². The standard InChI is InChI=1S/C11H15FO2/c1-7(2)9-5-11(14-3)8(6-12)4-10(9)13/h4-5,7,13H,6H2,1-3H3. The van der Waals surface area contributed by atoms with Gasteiger partial charge >= 0.3 is 0 Å². The number of methoxy groups -OCH3 is 1. The first-order valence-corrected chi connectivity index (χ1v) is 4.55. The summed E-state index contributed by atoms with van der Waals surface area (Å²) in [5.41, 5.74) is 1.16. The first-order chi connectivity index (χ1) is 6.60. The lowest BCUT2D eigenvalue weighted by atomic mass is 10.00. The summed E-state index contributed by atoms with van der Waals surface area (Å²) in [5.74, 6) is 0.819. The Morgan fingerprint density at radius 2 is 2.07 bits per heavy atom. The Morgan fingerprint density at radius 3 is 2.50 bits per heavy atom. The first kappa shape index (κ1) is 10.8. The number of ether oxygens (including phenoxy) is 1. The summed E-state index contributed by atoms with van der Waals surface area (Å²) in [5, 5.41) is 9.59. The molecule has 0 saturated carbocycles. The fourth-order valence-electron chi connectivity index (χ4n) is 1.38. The quantitative estimate of drug-likeness (QED) is 0.809. The van der Waals surface area contributed by atoms with E-state index in [9.17, 15) is 9.50 Å². The van der Waals surface area contributed by atoms with E-state index in [-0.39, 0.29) is 11.7 Å². The highest BCUT2D eigenvalue weighted by Gasteiger charge is 2.11. The number of halogens is 1. The molecule has 1 N–H and O–H groups in total. The van der Waals surface area contributed by atoms with Crippen molar-refractivity contribution in [1.29, 1.82) is 0 Å². The minimum atomic E-state index is -0.630. The Balaban J connectivity index is 3.23. The van der Waals surface area contributed by atoms with Crippen molar-refractivity contribution in [3.05, 3.63) is 23.3 Å². The molecule has 0 unspecified atom stereocenters. The van der Waals surface area contributed by atoms with Crippen LogP contribution in [0.1, 0.15) is 30.9 Å². The fraction of sp³-hybridized carbons (Fsp3) is 0.455. The number of aromatic hydroxyl groups is 1. The molecule has 0 aliphatic carbocycles. The highest BCUT2D eigenvalue weighted by atomic mass is 19.1. The van der Waals surface area contributed by atoms with Crippen molar-refractivity contribution in [2.75, 3.05) is 7.11 Å². The summed E-state index contributed by atoms with van der Waals surface area (Å²) < 4.78 is 17.5. The molecular weight excluding hydrogens is 183 g/mol. The van der Waals surface area contributed by atoms with E-state index in [4.69, 9.17) is 4.74 Å². The molecule has 0 amide bonds. The van der Waals surface area contributed by atoms with E-state index in [1.165, 1.54) is 13.2 Å². The minimum absolute atomic E-state index is 0.133. The largest absolute Gasteiger partial charge is 0.508 e. The maximum Gasteiger partial charge on any atom is 0.125 e. The summed E-state index contributed by atoms with van der Waals surface area (Å²) >= 11 is 0. The number of hydrogen-bond donors (Lipinski definition) is 1. The summed E-state index contributed by atoms with van der Waals surface area (Å²) in [4.78, 5) is 0. The molecule has 0 radical (unpaired) electrons. The zero-order chi connectivity index (χ0) is 10.7. The van der Waals surface area contributed by atoms with Crippen LogP contribution in [0.5, 0.6) is 11.5 Å². The molecule has 1 aromatic carbocycles. The van der Waals surface area contributed by atoms with Gasteiger partial charge in [-0.25, -0.2) is 4.39 Å². The molecule has 0 bridgehead atoms. The van der Waals surface area contributed by atoms with Crippen LogP contribution >= 0.6 is 0 Å². The van der Waals surface area contributed by atoms with Crippen molar-refractivity contribution in [2.45, 2.75) is 26.4 Å². The van der Waals surface area contributed by atoms with Gasteiger partial charge in [0.05, 0.1) is 7.11 Å². The van der Waals surface area contributed by atoms with E-state index in [1.54, 1.807) is 6.07 Å². The number of rotatable bonds is 3. The number of benzene rings is 1. The molecule has 0 spiro atoms. The van der Waals surface area contributed by atoms with E-state index in [2.05, 4.69) is 0 Å². The number of phenolic OH excluding ortho intramolecular Hbond substituents is 1. The lowest BCUT2D eigenvalue weighted by Crippen LogP contribution is -1.95. The molecule has 78 valence electrons. The number of alkyl halides is 1. The van der Waals surface area contributed by atoms with Gasteiger partial charge in [-0.15, -0.1) is 0 Å². The molecule has 0 heterocycles. The van der Waals surface area contributed by atoms with Crippen molar-refractivity contribution in [1.82, 2.24) is 0 Å². The zero-order valence-electron chi connectivity index (χ0n) is 8.67. The first-order valence-electron chi connectivity index (χ1n) is 4.55. The fourth-order valence-corrected chi connectivity index (χ4v) is 1.38. The van der Waals surface area contributed by atoms with Crippen molar-refractivity contribution in [3.8, 4) is 11.5 Å². The second-order valence-electron chi connectivity index (χ2n) is 3.51. The van der Waals surface area contributed by atoms with Crippen LogP contribution in [0.15, 0.2) is 12.1 Å². The van der Waals surface area contributed by atoms with Gasteiger partial charge in [0.15, 0.2) is 0 Å². The summed E-state index contributed by atoms with van der Waals surface area (Å²) in [6, 6.07) is 3.11. The molecule has 0 fully saturated rings. The van der Waals surface area contributed by atoms with Gasteiger partial charge in [-0.2, -0.15) is 0 Å². The Labute approximate surface area is 83.3 Å². The summed E-state index contributed by atoms with van der Waals surface area (Å²) in [6.45, 7) is 3.29. The average Bonchev–Trinajstić information content (AvgIpc) is 2.16. The molecule has 0 saturated heterocycles. The predicted molar refractivity (Wildman–Crippen MR) is 53.6 cm³/mol. The predicted octanol–water partition coefficient (Wildman–Crippen LogP) is 2.99. The maximum atomic E-state index is 12.5. The SMILES string of the molecule is COc1cc(C(C)C)c(O)cc1CF. The lowest BCUT2D eigenvalue weighted by Gasteiger charge is -2.12. The summed E-state index contributed by atoms with van der Waals surface area (Å²) in [6.07, 6.45) is 0. The smallest absolute Gasteiger partial charge is 0.125 e. The number of phenols is 1. The third-order valence-electron chi connectivity index (χ3n) is 2.20. The monoisotopic (exact) mass is 198 g/mol. The van der Waals surface area contributed by atoms with E-state index >= 15 is 0 Å². The van der Waals surface area contributed by atoms with Crippen LogP contribution in [0.2, 0.25) is 0 Å². The van der Waals surface area contributed by atoms with Crippen LogP contribution in [0.4, 0.5) is 4.39 Å². The highest BCUT2D eigenvalue weighted by molar-refractivity contribution is 5.46. The molecule has 0 atom stereocenters. The normalized spacial score (nSPS) is 10.6. The Morgan fingerprint density at radius 1 is 1.43 bits per heavy atom. The molecule has 3 heteroatoms. The van der Waals surface area contributed by atoms with Crippen LogP contribution in [-0.2, 0) is 6.67 Å². The van der Waals surface area contributed by atoms with Gasteiger partial charge in [0, 0.05) is 11.1 Å². The van der Waals surface area contributed by atoms with E-state index in [1.807, 2.05) is 13.8 Å². The molecule has 1 aromatic rings. The molecule has 2 nitrogen and oxygen atoms in total. The van der Waals surface area contributed by atoms with Crippen molar-refractivity contribution >= 4 is 0 Å². The topological polar surface area (TPSA) is 29.5 Å². The van der Waals surface area contributed by atoms with Crippen LogP contribution in [0.3, 0.4) is 0 Å². The Bertz CT molecular complexity index is 321. The van der Waals surface area contributed by atoms with Gasteiger partial charge in [0.25, 0.3) is 0 Å². The second-order valence-corrected chi connectivity index (χ2v) is 3.51. The van der Waals surface area contributed by atoms with Gasteiger partial charge in [-0.05, 0) is 18.1 Å². The third kappa shape index (κ3) is 1.97. The van der Waals surface area contributed by atoms with Gasteiger partial charge < -0.3 is 9.84 Å². The molecule has 0 aliphatic rings. The molecule has 0 aliphatic heterocycles. The van der Waals surface area contributed by atoms with Crippen molar-refractivity contribution in [2.24, 2.45) is 0 Å². The van der Waals surface area contributed by atoms with Crippen molar-refractivity contribution < 1.29 is 14.2 Å². The van der Waals surface area contributed by atoms with E-state index in [0.29, 0.717) is 11.3 Å². The maximum absolute atomic E-state index is 12.5. The highest BCUT2D eigenvalue weighted by Crippen LogP contribution is 2.32. The Hall–Kier alpha value is -1.25. The van der Waals surface area contributed by atoms with Crippen LogP contribution in [0, 0.1) is 0 Å². The van der Waals surface area contributed by atoms with Gasteiger partial charge in [0.1, 0.15) is 18.2 Å². The zero-order valence-corrected chi connectivity index (χ0v) is 8.67. The van der Waals surface area contributed by atoms with Crippen LogP contribution in [-0.4, -0.2) is 12.2 Å². The third-order valence-corrected chi connectivity index (χ3v) is 2.20. The van der Waals surface area contributed by atoms with E-state index in [0.717, 1.165) is 5.56 Å². The van der Waals surface area contributed by atoms with E-state index < -0.39 is 6.67 Å². The average molecular weight is 198 g/mol. The minimum Gasteiger partial charge on any atom is -0.508 e. The summed E-state index contributed by atoms with van der Waals surface area (Å²) in [7, 11) is 1.50. The molecule has 14 heavy (non-hydrogen) atoms. The molecular formula is C11H15FO2. The molecule has 0 aromatic heterocycles. The van der Waals surface area contributed by atoms with Crippen LogP contribution in [0.25, 0.3) is 0 Å². The van der Waals surface area contributed by atoms with Gasteiger partial charge in [0.2, 0.25) is 0 Å². The molecule has 1 rings (SSSR count). The second kappa shape index (κ2) is 4.31. The lowest BCUT2D eigenvalue weighted by molar-refractivity contribution is 0.388. The Kier molecular flexibility index (Phi) is 3.33. The van der Waals surface area contributed by atoms with Crippen LogP contribution < -0.4 is 4.74 Å². The van der Waals surface area contributed by atoms with Crippen molar-refractivity contribution in [3.63, 3.8) is 0 Å². The number of hydrogen-bond acceptors (Lipinski definition) is 2. The van der Waals surface area contributed by atoms with Gasteiger partial charge in [-0.3, -0.25) is 0 Å².